The van der Waals surface area contributed by atoms with E-state index < -0.39 is 5.97 Å². The van der Waals surface area contributed by atoms with Gasteiger partial charge in [0.15, 0.2) is 0 Å². The summed E-state index contributed by atoms with van der Waals surface area (Å²) < 4.78 is 10.1. The van der Waals surface area contributed by atoms with E-state index in [0.717, 1.165) is 0 Å². The van der Waals surface area contributed by atoms with E-state index in [9.17, 15) is 9.59 Å². The normalized spacial score (nSPS) is 9.84. The van der Waals surface area contributed by atoms with Crippen LogP contribution < -0.4 is 10.1 Å². The molecule has 0 saturated heterocycles. The van der Waals surface area contributed by atoms with Crippen molar-refractivity contribution in [2.24, 2.45) is 0 Å². The first-order valence-corrected chi connectivity index (χ1v) is 6.17. The fourth-order valence-corrected chi connectivity index (χ4v) is 1.59. The van der Waals surface area contributed by atoms with Crippen LogP contribution in [0.1, 0.15) is 23.7 Å². The fraction of sp³-hybridized carbons (Fsp3) is 0.385. The zero-order valence-electron chi connectivity index (χ0n) is 10.9. The number of amides is 1. The average molecular weight is 286 g/mol. The van der Waals surface area contributed by atoms with Crippen molar-refractivity contribution in [1.82, 2.24) is 5.32 Å². The Morgan fingerprint density at radius 3 is 2.74 bits per heavy atom. The Labute approximate surface area is 116 Å². The van der Waals surface area contributed by atoms with Crippen molar-refractivity contribution in [3.63, 3.8) is 0 Å². The first-order valence-electron chi connectivity index (χ1n) is 5.79. The van der Waals surface area contributed by atoms with Gasteiger partial charge in [-0.1, -0.05) is 11.6 Å². The summed E-state index contributed by atoms with van der Waals surface area (Å²) in [7, 11) is 1.30. The monoisotopic (exact) mass is 285 g/mol. The van der Waals surface area contributed by atoms with E-state index in [1.54, 1.807) is 12.1 Å². The zero-order chi connectivity index (χ0) is 14.3. The molecular formula is C13H16ClNO4. The first-order chi connectivity index (χ1) is 9.04. The van der Waals surface area contributed by atoms with Gasteiger partial charge in [-0.3, -0.25) is 4.79 Å². The van der Waals surface area contributed by atoms with Gasteiger partial charge < -0.3 is 14.8 Å². The summed E-state index contributed by atoms with van der Waals surface area (Å²) in [6.45, 7) is 2.36. The molecule has 0 fully saturated rings. The number of esters is 1. The predicted molar refractivity (Wildman–Crippen MR) is 71.6 cm³/mol. The van der Waals surface area contributed by atoms with E-state index in [2.05, 4.69) is 10.1 Å². The molecule has 6 heteroatoms. The van der Waals surface area contributed by atoms with Crippen LogP contribution in [0.2, 0.25) is 5.02 Å². The van der Waals surface area contributed by atoms with Crippen LogP contribution in [0.15, 0.2) is 18.2 Å². The number of rotatable bonds is 6. The van der Waals surface area contributed by atoms with E-state index in [4.69, 9.17) is 16.3 Å². The van der Waals surface area contributed by atoms with Crippen LogP contribution in [0.4, 0.5) is 0 Å². The SMILES string of the molecule is COC(=O)c1cc(Cl)ccc1OCCCNC(C)=O. The smallest absolute Gasteiger partial charge is 0.341 e. The number of hydrogen-bond donors (Lipinski definition) is 1. The van der Waals surface area contributed by atoms with E-state index in [1.165, 1.54) is 20.1 Å². The van der Waals surface area contributed by atoms with Gasteiger partial charge in [0, 0.05) is 18.5 Å². The summed E-state index contributed by atoms with van der Waals surface area (Å²) in [6.07, 6.45) is 0.642. The largest absolute Gasteiger partial charge is 0.493 e. The molecule has 104 valence electrons. The molecule has 1 amide bonds. The summed E-state index contributed by atoms with van der Waals surface area (Å²) in [4.78, 5) is 22.2. The van der Waals surface area contributed by atoms with Gasteiger partial charge in [-0.25, -0.2) is 4.79 Å². The van der Waals surface area contributed by atoms with Crippen molar-refractivity contribution in [2.75, 3.05) is 20.3 Å². The highest BCUT2D eigenvalue weighted by molar-refractivity contribution is 6.31. The fourth-order valence-electron chi connectivity index (χ4n) is 1.42. The molecule has 1 aromatic carbocycles. The third kappa shape index (κ3) is 5.18. The van der Waals surface area contributed by atoms with Crippen LogP contribution in [0.25, 0.3) is 0 Å². The quantitative estimate of drug-likeness (QED) is 0.642. The molecule has 0 aromatic heterocycles. The van der Waals surface area contributed by atoms with Crippen molar-refractivity contribution in [3.8, 4) is 5.75 Å². The molecule has 0 atom stereocenters. The topological polar surface area (TPSA) is 64.6 Å². The molecule has 0 saturated carbocycles. The number of ether oxygens (including phenoxy) is 2. The van der Waals surface area contributed by atoms with Gasteiger partial charge >= 0.3 is 5.97 Å². The molecule has 0 aliphatic heterocycles. The van der Waals surface area contributed by atoms with Gasteiger partial charge in [0.25, 0.3) is 0 Å². The van der Waals surface area contributed by atoms with E-state index in [1.807, 2.05) is 0 Å². The molecule has 1 aromatic rings. The Balaban J connectivity index is 2.57. The minimum Gasteiger partial charge on any atom is -0.493 e. The second-order valence-electron chi connectivity index (χ2n) is 3.82. The maximum absolute atomic E-state index is 11.5. The molecule has 0 spiro atoms. The maximum Gasteiger partial charge on any atom is 0.341 e. The molecular weight excluding hydrogens is 270 g/mol. The zero-order valence-corrected chi connectivity index (χ0v) is 11.6. The van der Waals surface area contributed by atoms with Crippen LogP contribution in [-0.2, 0) is 9.53 Å². The van der Waals surface area contributed by atoms with Gasteiger partial charge in [-0.05, 0) is 24.6 Å². The molecule has 0 aliphatic rings. The number of halogens is 1. The Bertz CT molecular complexity index is 462. The number of carbonyl (C=O) groups excluding carboxylic acids is 2. The molecule has 0 heterocycles. The molecule has 1 N–H and O–H groups in total. The molecule has 0 aliphatic carbocycles. The Hall–Kier alpha value is -1.75. The highest BCUT2D eigenvalue weighted by atomic mass is 35.5. The van der Waals surface area contributed by atoms with Crippen molar-refractivity contribution in [1.29, 1.82) is 0 Å². The lowest BCUT2D eigenvalue weighted by atomic mass is 10.2. The summed E-state index contributed by atoms with van der Waals surface area (Å²) in [5.74, 6) is -0.167. The highest BCUT2D eigenvalue weighted by Crippen LogP contribution is 2.23. The summed E-state index contributed by atoms with van der Waals surface area (Å²) >= 11 is 5.83. The van der Waals surface area contributed by atoms with E-state index in [-0.39, 0.29) is 11.5 Å². The van der Waals surface area contributed by atoms with Crippen LogP contribution in [0.3, 0.4) is 0 Å². The molecule has 0 unspecified atom stereocenters. The minimum atomic E-state index is -0.501. The lowest BCUT2D eigenvalue weighted by molar-refractivity contribution is -0.118. The number of hydrogen-bond acceptors (Lipinski definition) is 4. The average Bonchev–Trinajstić information content (AvgIpc) is 2.38. The van der Waals surface area contributed by atoms with E-state index >= 15 is 0 Å². The second kappa shape index (κ2) is 7.63. The van der Waals surface area contributed by atoms with Gasteiger partial charge in [0.1, 0.15) is 11.3 Å². The standard InChI is InChI=1S/C13H16ClNO4/c1-9(16)15-6-3-7-19-12-5-4-10(14)8-11(12)13(17)18-2/h4-5,8H,3,6-7H2,1-2H3,(H,15,16). The molecule has 19 heavy (non-hydrogen) atoms. The Morgan fingerprint density at radius 2 is 2.11 bits per heavy atom. The van der Waals surface area contributed by atoms with Gasteiger partial charge in [-0.15, -0.1) is 0 Å². The van der Waals surface area contributed by atoms with Crippen LogP contribution in [0.5, 0.6) is 5.75 Å². The first kappa shape index (κ1) is 15.3. The lowest BCUT2D eigenvalue weighted by Crippen LogP contribution is -2.22. The second-order valence-corrected chi connectivity index (χ2v) is 4.25. The van der Waals surface area contributed by atoms with Crippen molar-refractivity contribution in [3.05, 3.63) is 28.8 Å². The number of nitrogens with one attached hydrogen (secondary N) is 1. The summed E-state index contributed by atoms with van der Waals surface area (Å²) in [5, 5.41) is 3.09. The maximum atomic E-state index is 11.5. The highest BCUT2D eigenvalue weighted by Gasteiger charge is 2.13. The molecule has 0 radical (unpaired) electrons. The van der Waals surface area contributed by atoms with Crippen molar-refractivity contribution >= 4 is 23.5 Å². The third-order valence-electron chi connectivity index (χ3n) is 2.30. The summed E-state index contributed by atoms with van der Waals surface area (Å²) in [5.41, 5.74) is 0.287. The van der Waals surface area contributed by atoms with Crippen LogP contribution in [0, 0.1) is 0 Å². The van der Waals surface area contributed by atoms with Crippen LogP contribution in [-0.4, -0.2) is 32.1 Å². The molecule has 5 nitrogen and oxygen atoms in total. The van der Waals surface area contributed by atoms with Crippen molar-refractivity contribution in [2.45, 2.75) is 13.3 Å². The van der Waals surface area contributed by atoms with E-state index in [0.29, 0.717) is 30.3 Å². The van der Waals surface area contributed by atoms with Gasteiger partial charge in [0.2, 0.25) is 5.91 Å². The molecule has 1 rings (SSSR count). The summed E-state index contributed by atoms with van der Waals surface area (Å²) in [6, 6.07) is 4.75. The number of carbonyl (C=O) groups is 2. The Kier molecular flexibility index (Phi) is 6.15. The minimum absolute atomic E-state index is 0.0817. The number of methoxy groups -OCH3 is 1. The van der Waals surface area contributed by atoms with Crippen LogP contribution >= 0.6 is 11.6 Å². The predicted octanol–water partition coefficient (Wildman–Crippen LogP) is 2.03. The lowest BCUT2D eigenvalue weighted by Gasteiger charge is -2.10. The number of benzene rings is 1. The van der Waals surface area contributed by atoms with Crippen molar-refractivity contribution < 1.29 is 19.1 Å². The van der Waals surface area contributed by atoms with Gasteiger partial charge in [0.05, 0.1) is 13.7 Å². The third-order valence-corrected chi connectivity index (χ3v) is 2.53. The molecule has 0 bridgehead atoms. The van der Waals surface area contributed by atoms with Gasteiger partial charge in [-0.2, -0.15) is 0 Å². The Morgan fingerprint density at radius 1 is 1.37 bits per heavy atom.